The molecule has 0 aliphatic heterocycles. The first kappa shape index (κ1) is 21.5. The second-order valence-corrected chi connectivity index (χ2v) is 8.32. The van der Waals surface area contributed by atoms with Gasteiger partial charge < -0.3 is 15.2 Å². The van der Waals surface area contributed by atoms with Crippen molar-refractivity contribution in [2.45, 2.75) is 19.1 Å². The van der Waals surface area contributed by atoms with E-state index in [-0.39, 0.29) is 30.7 Å². The Morgan fingerprint density at radius 3 is 2.50 bits per heavy atom. The lowest BCUT2D eigenvalue weighted by molar-refractivity contribution is -0.115. The van der Waals surface area contributed by atoms with E-state index in [2.05, 4.69) is 20.5 Å². The smallest absolute Gasteiger partial charge is 0.251 e. The van der Waals surface area contributed by atoms with Crippen molar-refractivity contribution in [2.75, 3.05) is 18.4 Å². The molecular formula is C20H22N4O5S. The maximum atomic E-state index is 12.3. The predicted molar refractivity (Wildman–Crippen MR) is 112 cm³/mol. The van der Waals surface area contributed by atoms with Gasteiger partial charge in [-0.25, -0.2) is 13.1 Å². The van der Waals surface area contributed by atoms with E-state index in [1.807, 2.05) is 0 Å². The molecule has 0 fully saturated rings. The van der Waals surface area contributed by atoms with Crippen LogP contribution in [0.3, 0.4) is 0 Å². The van der Waals surface area contributed by atoms with E-state index < -0.39 is 10.0 Å². The molecule has 10 heteroatoms. The summed E-state index contributed by atoms with van der Waals surface area (Å²) in [4.78, 5) is 23.5. The van der Waals surface area contributed by atoms with Crippen LogP contribution in [0.4, 0.5) is 5.69 Å². The Hall–Kier alpha value is -3.24. The van der Waals surface area contributed by atoms with Crippen molar-refractivity contribution in [3.05, 3.63) is 59.8 Å². The molecule has 0 saturated carbocycles. The van der Waals surface area contributed by atoms with Gasteiger partial charge >= 0.3 is 0 Å². The summed E-state index contributed by atoms with van der Waals surface area (Å²) in [5.74, 6) is -0.772. The molecule has 0 saturated heterocycles. The zero-order chi connectivity index (χ0) is 21.6. The first-order valence-electron chi connectivity index (χ1n) is 9.36. The number of hydrogen-bond donors (Lipinski definition) is 3. The van der Waals surface area contributed by atoms with Crippen LogP contribution in [0.5, 0.6) is 0 Å². The molecule has 0 aliphatic carbocycles. The number of aromatic nitrogens is 1. The van der Waals surface area contributed by atoms with E-state index in [0.717, 1.165) is 0 Å². The zero-order valence-electron chi connectivity index (χ0n) is 16.3. The second kappa shape index (κ2) is 9.51. The summed E-state index contributed by atoms with van der Waals surface area (Å²) in [5.41, 5.74) is 1.86. The van der Waals surface area contributed by atoms with Gasteiger partial charge in [0.05, 0.1) is 0 Å². The van der Waals surface area contributed by atoms with Crippen LogP contribution >= 0.6 is 0 Å². The Kier molecular flexibility index (Phi) is 6.80. The van der Waals surface area contributed by atoms with Crippen molar-refractivity contribution in [1.29, 1.82) is 0 Å². The molecule has 0 atom stereocenters. The Morgan fingerprint density at radius 2 is 1.77 bits per heavy atom. The van der Waals surface area contributed by atoms with Crippen LogP contribution in [-0.2, 0) is 20.6 Å². The van der Waals surface area contributed by atoms with Gasteiger partial charge in [0, 0.05) is 36.1 Å². The highest BCUT2D eigenvalue weighted by Crippen LogP contribution is 2.19. The quantitative estimate of drug-likeness (QED) is 0.445. The number of carbonyl (C=O) groups is 2. The summed E-state index contributed by atoms with van der Waals surface area (Å²) in [6.45, 7) is 1.90. The summed E-state index contributed by atoms with van der Waals surface area (Å²) in [7, 11) is -3.64. The summed E-state index contributed by atoms with van der Waals surface area (Å²) in [6, 6.07) is 13.5. The molecular weight excluding hydrogens is 408 g/mol. The van der Waals surface area contributed by atoms with Crippen molar-refractivity contribution in [3.63, 3.8) is 0 Å². The molecule has 0 bridgehead atoms. The number of benzene rings is 2. The van der Waals surface area contributed by atoms with E-state index >= 15 is 0 Å². The van der Waals surface area contributed by atoms with Gasteiger partial charge in [0.1, 0.15) is 11.4 Å². The van der Waals surface area contributed by atoms with E-state index in [0.29, 0.717) is 34.3 Å². The van der Waals surface area contributed by atoms with Gasteiger partial charge in [-0.15, -0.1) is 0 Å². The maximum Gasteiger partial charge on any atom is 0.251 e. The lowest BCUT2D eigenvalue weighted by Crippen LogP contribution is -2.35. The number of amides is 2. The number of sulfonamides is 1. The average Bonchev–Trinajstić information content (AvgIpc) is 3.13. The third-order valence-corrected chi connectivity index (χ3v) is 5.56. The first-order chi connectivity index (χ1) is 14.4. The molecule has 3 rings (SSSR count). The highest BCUT2D eigenvalue weighted by atomic mass is 32.2. The van der Waals surface area contributed by atoms with Crippen molar-refractivity contribution in [3.8, 4) is 0 Å². The van der Waals surface area contributed by atoms with Gasteiger partial charge in [-0.05, 0) is 36.4 Å². The zero-order valence-corrected chi connectivity index (χ0v) is 17.2. The molecule has 2 amide bonds. The fraction of sp³-hybridized carbons (Fsp3) is 0.250. The number of nitrogens with zero attached hydrogens (tertiary/aromatic N) is 1. The molecule has 0 aliphatic rings. The topological polar surface area (TPSA) is 130 Å². The van der Waals surface area contributed by atoms with Crippen LogP contribution in [0.2, 0.25) is 0 Å². The van der Waals surface area contributed by atoms with Gasteiger partial charge in [-0.1, -0.05) is 24.2 Å². The van der Waals surface area contributed by atoms with Crippen molar-refractivity contribution in [2.24, 2.45) is 0 Å². The number of rotatable bonds is 9. The Bertz CT molecular complexity index is 1140. The minimum absolute atomic E-state index is 0.0362. The SMILES string of the molecule is CCC(=O)Nc1ccc(C(=O)NCCNS(=O)(=O)Cc2noc3ccccc23)cc1. The summed E-state index contributed by atoms with van der Waals surface area (Å²) >= 11 is 0. The Labute approximate surface area is 173 Å². The van der Waals surface area contributed by atoms with Crippen molar-refractivity contribution < 1.29 is 22.5 Å². The van der Waals surface area contributed by atoms with E-state index in [4.69, 9.17) is 4.52 Å². The molecule has 3 N–H and O–H groups in total. The Morgan fingerprint density at radius 1 is 1.03 bits per heavy atom. The molecule has 9 nitrogen and oxygen atoms in total. The molecule has 158 valence electrons. The summed E-state index contributed by atoms with van der Waals surface area (Å²) in [6.07, 6.45) is 0.366. The lowest BCUT2D eigenvalue weighted by Gasteiger charge is -2.08. The highest BCUT2D eigenvalue weighted by molar-refractivity contribution is 7.88. The minimum Gasteiger partial charge on any atom is -0.356 e. The third kappa shape index (κ3) is 5.65. The average molecular weight is 430 g/mol. The van der Waals surface area contributed by atoms with Gasteiger partial charge in [0.25, 0.3) is 5.91 Å². The number of carbonyl (C=O) groups excluding carboxylic acids is 2. The van der Waals surface area contributed by atoms with Gasteiger partial charge in [-0.2, -0.15) is 0 Å². The molecule has 2 aromatic carbocycles. The molecule has 0 radical (unpaired) electrons. The summed E-state index contributed by atoms with van der Waals surface area (Å²) in [5, 5.41) is 9.81. The molecule has 3 aromatic rings. The third-order valence-electron chi connectivity index (χ3n) is 4.26. The van der Waals surface area contributed by atoms with E-state index in [1.165, 1.54) is 0 Å². The van der Waals surface area contributed by atoms with Crippen LogP contribution in [0.1, 0.15) is 29.4 Å². The first-order valence-corrected chi connectivity index (χ1v) is 11.0. The van der Waals surface area contributed by atoms with Crippen LogP contribution in [-0.4, -0.2) is 38.5 Å². The van der Waals surface area contributed by atoms with Crippen LogP contribution in [0.25, 0.3) is 11.0 Å². The molecule has 0 unspecified atom stereocenters. The standard InChI is InChI=1S/C20H22N4O5S/c1-2-19(25)23-15-9-7-14(8-10-15)20(26)21-11-12-22-30(27,28)13-17-16-5-3-4-6-18(16)29-24-17/h3-10,22H,2,11-13H2,1H3,(H,21,26)(H,23,25). The van der Waals surface area contributed by atoms with Crippen LogP contribution < -0.4 is 15.4 Å². The van der Waals surface area contributed by atoms with Crippen molar-refractivity contribution in [1.82, 2.24) is 15.2 Å². The molecule has 30 heavy (non-hydrogen) atoms. The molecule has 1 heterocycles. The number of fused-ring (bicyclic) bond motifs is 1. The fourth-order valence-electron chi connectivity index (χ4n) is 2.71. The largest absolute Gasteiger partial charge is 0.356 e. The predicted octanol–water partition coefficient (Wildman–Crippen LogP) is 2.03. The van der Waals surface area contributed by atoms with Gasteiger partial charge in [0.2, 0.25) is 15.9 Å². The van der Waals surface area contributed by atoms with Gasteiger partial charge in [0.15, 0.2) is 5.58 Å². The minimum atomic E-state index is -3.64. The van der Waals surface area contributed by atoms with E-state index in [1.54, 1.807) is 55.5 Å². The second-order valence-electron chi connectivity index (χ2n) is 6.51. The van der Waals surface area contributed by atoms with Crippen molar-refractivity contribution >= 4 is 38.5 Å². The monoisotopic (exact) mass is 430 g/mol. The van der Waals surface area contributed by atoms with Crippen LogP contribution in [0.15, 0.2) is 53.1 Å². The Balaban J connectivity index is 1.46. The molecule has 1 aromatic heterocycles. The van der Waals surface area contributed by atoms with Crippen LogP contribution in [0, 0.1) is 0 Å². The number of para-hydroxylation sites is 1. The number of hydrogen-bond acceptors (Lipinski definition) is 6. The maximum absolute atomic E-state index is 12.3. The molecule has 0 spiro atoms. The van der Waals surface area contributed by atoms with E-state index in [9.17, 15) is 18.0 Å². The number of nitrogens with one attached hydrogen (secondary N) is 3. The number of anilines is 1. The van der Waals surface area contributed by atoms with Gasteiger partial charge in [-0.3, -0.25) is 9.59 Å². The fourth-order valence-corrected chi connectivity index (χ4v) is 3.80. The lowest BCUT2D eigenvalue weighted by atomic mass is 10.2. The highest BCUT2D eigenvalue weighted by Gasteiger charge is 2.17. The summed E-state index contributed by atoms with van der Waals surface area (Å²) < 4.78 is 32.1. The normalized spacial score (nSPS) is 11.4.